The molecule has 156 valence electrons. The lowest BCUT2D eigenvalue weighted by atomic mass is 10.1. The van der Waals surface area contributed by atoms with Crippen LogP contribution in [0.25, 0.3) is 11.0 Å². The van der Waals surface area contributed by atoms with Gasteiger partial charge in [-0.1, -0.05) is 31.9 Å². The molecule has 0 aliphatic rings. The van der Waals surface area contributed by atoms with Gasteiger partial charge in [-0.25, -0.2) is 13.4 Å². The molecule has 2 N–H and O–H groups in total. The molecule has 3 aromatic rings. The summed E-state index contributed by atoms with van der Waals surface area (Å²) in [6, 6.07) is 8.32. The zero-order chi connectivity index (χ0) is 21.0. The van der Waals surface area contributed by atoms with E-state index in [1.807, 2.05) is 19.9 Å². The van der Waals surface area contributed by atoms with Crippen LogP contribution in [0, 0.1) is 6.92 Å². The Morgan fingerprint density at radius 3 is 2.59 bits per heavy atom. The summed E-state index contributed by atoms with van der Waals surface area (Å²) >= 11 is 0. The van der Waals surface area contributed by atoms with Crippen molar-refractivity contribution in [3.63, 3.8) is 0 Å². The number of nitrogens with one attached hydrogen (secondary N) is 1. The van der Waals surface area contributed by atoms with Crippen molar-refractivity contribution in [3.8, 4) is 0 Å². The number of sulfonamides is 1. The summed E-state index contributed by atoms with van der Waals surface area (Å²) in [6.07, 6.45) is 4.77. The Balaban J connectivity index is 1.80. The molecule has 0 saturated carbocycles. The van der Waals surface area contributed by atoms with Crippen molar-refractivity contribution in [2.45, 2.75) is 50.5 Å². The molecule has 2 heterocycles. The lowest BCUT2D eigenvalue weighted by Gasteiger charge is -2.26. The molecule has 1 aromatic carbocycles. The molecule has 0 aliphatic carbocycles. The van der Waals surface area contributed by atoms with Crippen molar-refractivity contribution in [1.82, 2.24) is 19.3 Å². The molecular formula is C21H28N4O3S. The summed E-state index contributed by atoms with van der Waals surface area (Å²) in [4.78, 5) is 12.4. The summed E-state index contributed by atoms with van der Waals surface area (Å²) < 4.78 is 27.1. The van der Waals surface area contributed by atoms with Gasteiger partial charge in [0.05, 0.1) is 22.7 Å². The van der Waals surface area contributed by atoms with Gasteiger partial charge in [-0.3, -0.25) is 4.98 Å². The van der Waals surface area contributed by atoms with Crippen molar-refractivity contribution in [2.75, 3.05) is 13.7 Å². The van der Waals surface area contributed by atoms with Crippen LogP contribution >= 0.6 is 0 Å². The second-order valence-electron chi connectivity index (χ2n) is 7.30. The lowest BCUT2D eigenvalue weighted by Crippen LogP contribution is -2.39. The van der Waals surface area contributed by atoms with Gasteiger partial charge < -0.3 is 10.1 Å². The van der Waals surface area contributed by atoms with Gasteiger partial charge in [0.25, 0.3) is 0 Å². The zero-order valence-electron chi connectivity index (χ0n) is 17.1. The largest absolute Gasteiger partial charge is 0.395 e. The number of aromatic amines is 1. The smallest absolute Gasteiger partial charge is 0.243 e. The maximum absolute atomic E-state index is 12.9. The van der Waals surface area contributed by atoms with E-state index in [9.17, 15) is 13.5 Å². The number of likely N-dealkylation sites (N-methyl/N-ethyl adjacent to an activating group) is 1. The van der Waals surface area contributed by atoms with Gasteiger partial charge in [-0.05, 0) is 37.1 Å². The normalized spacial score (nSPS) is 13.3. The Morgan fingerprint density at radius 1 is 1.21 bits per heavy atom. The molecule has 1 atom stereocenters. The van der Waals surface area contributed by atoms with Gasteiger partial charge >= 0.3 is 0 Å². The minimum absolute atomic E-state index is 0.188. The van der Waals surface area contributed by atoms with Crippen LogP contribution in [-0.2, 0) is 16.4 Å². The van der Waals surface area contributed by atoms with Gasteiger partial charge in [0.2, 0.25) is 10.0 Å². The predicted octanol–water partition coefficient (Wildman–Crippen LogP) is 3.03. The van der Waals surface area contributed by atoms with E-state index in [-0.39, 0.29) is 11.5 Å². The van der Waals surface area contributed by atoms with Crippen LogP contribution in [0.15, 0.2) is 41.4 Å². The van der Waals surface area contributed by atoms with E-state index in [0.717, 1.165) is 41.0 Å². The number of hydrogen-bond acceptors (Lipinski definition) is 5. The molecule has 7 nitrogen and oxygen atoms in total. The third-order valence-corrected chi connectivity index (χ3v) is 7.11. The van der Waals surface area contributed by atoms with Crippen molar-refractivity contribution in [2.24, 2.45) is 0 Å². The van der Waals surface area contributed by atoms with Gasteiger partial charge in [0, 0.05) is 25.7 Å². The van der Waals surface area contributed by atoms with Gasteiger partial charge in [0.1, 0.15) is 11.3 Å². The fraction of sp³-hybridized carbons (Fsp3) is 0.429. The Kier molecular flexibility index (Phi) is 6.66. The first-order valence-electron chi connectivity index (χ1n) is 9.84. The topological polar surface area (TPSA) is 99.2 Å². The van der Waals surface area contributed by atoms with E-state index < -0.39 is 16.1 Å². The highest BCUT2D eigenvalue weighted by Crippen LogP contribution is 2.22. The van der Waals surface area contributed by atoms with Gasteiger partial charge in [-0.2, -0.15) is 4.31 Å². The van der Waals surface area contributed by atoms with E-state index in [4.69, 9.17) is 0 Å². The minimum Gasteiger partial charge on any atom is -0.395 e. The number of hydrogen-bond donors (Lipinski definition) is 2. The fourth-order valence-electron chi connectivity index (χ4n) is 3.41. The number of aliphatic hydroxyl groups is 1. The third kappa shape index (κ3) is 4.66. The van der Waals surface area contributed by atoms with Crippen LogP contribution in [0.1, 0.15) is 43.3 Å². The van der Waals surface area contributed by atoms with Crippen LogP contribution < -0.4 is 0 Å². The monoisotopic (exact) mass is 416 g/mol. The standard InChI is InChI=1S/C21H28N4O3S/c1-4-5-6-17(14-26)25(3)29(27,28)18-9-7-16(8-10-18)13-20-21-19(11-12-22-20)23-15(2)24-21/h7-12,17,26H,4-6,13-14H2,1-3H3,(H,23,24)/t17-/m0/s1. The molecule has 0 amide bonds. The number of aryl methyl sites for hydroxylation is 1. The number of imidazole rings is 1. The average Bonchev–Trinajstić information content (AvgIpc) is 3.10. The molecule has 0 bridgehead atoms. The maximum atomic E-state index is 12.9. The van der Waals surface area contributed by atoms with E-state index in [1.54, 1.807) is 30.5 Å². The van der Waals surface area contributed by atoms with Crippen molar-refractivity contribution in [3.05, 3.63) is 53.6 Å². The number of aliphatic hydroxyl groups excluding tert-OH is 1. The molecule has 0 spiro atoms. The number of pyridine rings is 1. The maximum Gasteiger partial charge on any atom is 0.243 e. The number of benzene rings is 1. The summed E-state index contributed by atoms with van der Waals surface area (Å²) in [5, 5.41) is 9.61. The highest BCUT2D eigenvalue weighted by molar-refractivity contribution is 7.89. The number of fused-ring (bicyclic) bond motifs is 1. The Bertz CT molecular complexity index is 1060. The SMILES string of the molecule is CCCC[C@@H](CO)N(C)S(=O)(=O)c1ccc(Cc2nccc3[nH]c(C)nc23)cc1. The Hall–Kier alpha value is -2.29. The summed E-state index contributed by atoms with van der Waals surface area (Å²) in [6.45, 7) is 3.76. The summed E-state index contributed by atoms with van der Waals surface area (Å²) in [5.41, 5.74) is 3.58. The van der Waals surface area contributed by atoms with E-state index in [2.05, 4.69) is 15.0 Å². The van der Waals surface area contributed by atoms with Crippen LogP contribution in [0.4, 0.5) is 0 Å². The first-order chi connectivity index (χ1) is 13.9. The van der Waals surface area contributed by atoms with Crippen molar-refractivity contribution in [1.29, 1.82) is 0 Å². The number of nitrogens with zero attached hydrogens (tertiary/aromatic N) is 3. The van der Waals surface area contributed by atoms with Crippen LogP contribution in [0.3, 0.4) is 0 Å². The molecule has 0 unspecified atom stereocenters. The molecular weight excluding hydrogens is 388 g/mol. The van der Waals surface area contributed by atoms with Crippen LogP contribution in [-0.4, -0.2) is 52.5 Å². The fourth-order valence-corrected chi connectivity index (χ4v) is 4.78. The summed E-state index contributed by atoms with van der Waals surface area (Å²) in [5.74, 6) is 0.834. The molecule has 0 saturated heterocycles. The number of rotatable bonds is 9. The molecule has 29 heavy (non-hydrogen) atoms. The Morgan fingerprint density at radius 2 is 1.93 bits per heavy atom. The molecule has 2 aromatic heterocycles. The highest BCUT2D eigenvalue weighted by Gasteiger charge is 2.27. The van der Waals surface area contributed by atoms with Gasteiger partial charge in [-0.15, -0.1) is 0 Å². The molecule has 8 heteroatoms. The van der Waals surface area contributed by atoms with Crippen LogP contribution in [0.2, 0.25) is 0 Å². The molecule has 0 radical (unpaired) electrons. The quantitative estimate of drug-likeness (QED) is 0.559. The van der Waals surface area contributed by atoms with Crippen LogP contribution in [0.5, 0.6) is 0 Å². The second kappa shape index (κ2) is 9.02. The average molecular weight is 417 g/mol. The number of unbranched alkanes of at least 4 members (excludes halogenated alkanes) is 1. The Labute approximate surface area is 171 Å². The number of H-pyrrole nitrogens is 1. The molecule has 0 aliphatic heterocycles. The van der Waals surface area contributed by atoms with Crippen molar-refractivity contribution >= 4 is 21.1 Å². The molecule has 0 fully saturated rings. The van der Waals surface area contributed by atoms with E-state index >= 15 is 0 Å². The van der Waals surface area contributed by atoms with Crippen molar-refractivity contribution < 1.29 is 13.5 Å². The minimum atomic E-state index is -3.66. The lowest BCUT2D eigenvalue weighted by molar-refractivity contribution is 0.192. The van der Waals surface area contributed by atoms with Gasteiger partial charge in [0.15, 0.2) is 0 Å². The molecule has 3 rings (SSSR count). The third-order valence-electron chi connectivity index (χ3n) is 5.18. The number of aromatic nitrogens is 3. The zero-order valence-corrected chi connectivity index (χ0v) is 17.9. The second-order valence-corrected chi connectivity index (χ2v) is 9.29. The summed E-state index contributed by atoms with van der Waals surface area (Å²) in [7, 11) is -2.13. The van der Waals surface area contributed by atoms with E-state index in [0.29, 0.717) is 12.8 Å². The highest BCUT2D eigenvalue weighted by atomic mass is 32.2. The first kappa shape index (κ1) is 21.4. The predicted molar refractivity (Wildman–Crippen MR) is 113 cm³/mol. The van der Waals surface area contributed by atoms with E-state index in [1.165, 1.54) is 11.4 Å². The first-order valence-corrected chi connectivity index (χ1v) is 11.3.